The third kappa shape index (κ3) is 6.08. The first kappa shape index (κ1) is 23.6. The van der Waals surface area contributed by atoms with Gasteiger partial charge in [-0.3, -0.25) is 4.79 Å². The van der Waals surface area contributed by atoms with Crippen molar-refractivity contribution in [2.75, 3.05) is 26.3 Å². The van der Waals surface area contributed by atoms with Gasteiger partial charge in [0.1, 0.15) is 18.5 Å². The molecule has 1 unspecified atom stereocenters. The van der Waals surface area contributed by atoms with E-state index < -0.39 is 0 Å². The number of hydrogen-bond acceptors (Lipinski definition) is 5. The highest BCUT2D eigenvalue weighted by Gasteiger charge is 2.27. The van der Waals surface area contributed by atoms with Crippen LogP contribution in [0.25, 0.3) is 11.6 Å². The Bertz CT molecular complexity index is 1130. The van der Waals surface area contributed by atoms with Crippen LogP contribution in [0.1, 0.15) is 42.4 Å². The zero-order valence-corrected chi connectivity index (χ0v) is 20.0. The first-order chi connectivity index (χ1) is 16.5. The normalized spacial score (nSPS) is 16.5. The molecule has 0 saturated carbocycles. The third-order valence-corrected chi connectivity index (χ3v) is 5.63. The van der Waals surface area contributed by atoms with Crippen LogP contribution in [0, 0.1) is 6.92 Å². The van der Waals surface area contributed by atoms with Crippen molar-refractivity contribution < 1.29 is 14.3 Å². The summed E-state index contributed by atoms with van der Waals surface area (Å²) >= 11 is 0. The van der Waals surface area contributed by atoms with Crippen LogP contribution in [-0.4, -0.2) is 53.2 Å². The molecule has 6 nitrogen and oxygen atoms in total. The number of aromatic nitrogens is 2. The van der Waals surface area contributed by atoms with Gasteiger partial charge in [-0.05, 0) is 24.1 Å². The summed E-state index contributed by atoms with van der Waals surface area (Å²) in [5.74, 6) is 1.50. The fourth-order valence-electron chi connectivity index (χ4n) is 3.85. The molecule has 1 amide bonds. The van der Waals surface area contributed by atoms with Gasteiger partial charge in [0.05, 0.1) is 13.2 Å². The summed E-state index contributed by atoms with van der Waals surface area (Å²) in [6, 6.07) is 21.5. The highest BCUT2D eigenvalue weighted by molar-refractivity contribution is 6.24. The fourth-order valence-corrected chi connectivity index (χ4v) is 3.85. The van der Waals surface area contributed by atoms with Crippen molar-refractivity contribution in [3.63, 3.8) is 0 Å². The van der Waals surface area contributed by atoms with Crippen molar-refractivity contribution in [2.24, 2.45) is 0 Å². The lowest BCUT2D eigenvalue weighted by Crippen LogP contribution is -2.47. The summed E-state index contributed by atoms with van der Waals surface area (Å²) in [6.45, 7) is 7.83. The molecule has 34 heavy (non-hydrogen) atoms. The maximum Gasteiger partial charge on any atom is 0.254 e. The molecule has 4 rings (SSSR count). The molecule has 176 valence electrons. The van der Waals surface area contributed by atoms with Crippen molar-refractivity contribution in [1.82, 2.24) is 14.9 Å². The second-order valence-corrected chi connectivity index (χ2v) is 8.75. The van der Waals surface area contributed by atoms with Crippen LogP contribution in [0.5, 0.6) is 5.88 Å². The predicted octanol–water partition coefficient (Wildman–Crippen LogP) is 4.76. The minimum atomic E-state index is -0.232. The van der Waals surface area contributed by atoms with Crippen molar-refractivity contribution in [1.29, 1.82) is 0 Å². The zero-order chi connectivity index (χ0) is 23.9. The lowest BCUT2D eigenvalue weighted by Gasteiger charge is -2.33. The summed E-state index contributed by atoms with van der Waals surface area (Å²) < 4.78 is 11.9. The Hall–Kier alpha value is -3.51. The monoisotopic (exact) mass is 457 g/mol. The number of carbonyl (C=O) groups excluding carboxylic acids is 1. The van der Waals surface area contributed by atoms with E-state index in [1.54, 1.807) is 0 Å². The van der Waals surface area contributed by atoms with Gasteiger partial charge < -0.3 is 14.4 Å². The summed E-state index contributed by atoms with van der Waals surface area (Å²) in [5, 5.41) is 0. The molecule has 2 aromatic carbocycles. The SMILES string of the molecule is Cc1cc(OCC2CN(C(=O)C(=Cc3ccccc3)c3ccccc3)CCO2)nc(C(C)C)n1. The third-order valence-electron chi connectivity index (χ3n) is 5.63. The molecular formula is C28H31N3O3. The molecule has 3 aromatic rings. The second kappa shape index (κ2) is 11.1. The Labute approximate surface area is 201 Å². The lowest BCUT2D eigenvalue weighted by molar-refractivity contribution is -0.133. The molecule has 1 aliphatic rings. The molecule has 0 aliphatic carbocycles. The largest absolute Gasteiger partial charge is 0.475 e. The van der Waals surface area contributed by atoms with Gasteiger partial charge in [-0.15, -0.1) is 0 Å². The van der Waals surface area contributed by atoms with Crippen LogP contribution >= 0.6 is 0 Å². The summed E-state index contributed by atoms with van der Waals surface area (Å²) in [6.07, 6.45) is 1.72. The summed E-state index contributed by atoms with van der Waals surface area (Å²) in [5.41, 5.74) is 3.42. The van der Waals surface area contributed by atoms with Crippen LogP contribution in [0.3, 0.4) is 0 Å². The van der Waals surface area contributed by atoms with E-state index in [4.69, 9.17) is 9.47 Å². The average molecular weight is 458 g/mol. The second-order valence-electron chi connectivity index (χ2n) is 8.75. The average Bonchev–Trinajstić information content (AvgIpc) is 2.86. The highest BCUT2D eigenvalue weighted by Crippen LogP contribution is 2.23. The molecule has 0 N–H and O–H groups in total. The van der Waals surface area contributed by atoms with Crippen LogP contribution in [-0.2, 0) is 9.53 Å². The van der Waals surface area contributed by atoms with Gasteiger partial charge in [-0.2, -0.15) is 4.98 Å². The number of hydrogen-bond donors (Lipinski definition) is 0. The molecule has 1 aliphatic heterocycles. The number of morpholine rings is 1. The minimum Gasteiger partial charge on any atom is -0.475 e. The Morgan fingerprint density at radius 2 is 1.82 bits per heavy atom. The van der Waals surface area contributed by atoms with Gasteiger partial charge >= 0.3 is 0 Å². The highest BCUT2D eigenvalue weighted by atomic mass is 16.5. The van der Waals surface area contributed by atoms with Crippen molar-refractivity contribution >= 4 is 17.6 Å². The van der Waals surface area contributed by atoms with E-state index in [-0.39, 0.29) is 17.9 Å². The van der Waals surface area contributed by atoms with Crippen molar-refractivity contribution in [3.8, 4) is 5.88 Å². The Kier molecular flexibility index (Phi) is 7.70. The molecule has 0 bridgehead atoms. The zero-order valence-electron chi connectivity index (χ0n) is 20.0. The van der Waals surface area contributed by atoms with Gasteiger partial charge in [0, 0.05) is 29.8 Å². The molecule has 1 saturated heterocycles. The predicted molar refractivity (Wildman–Crippen MR) is 133 cm³/mol. The van der Waals surface area contributed by atoms with E-state index in [2.05, 4.69) is 23.8 Å². The van der Waals surface area contributed by atoms with Crippen molar-refractivity contribution in [3.05, 3.63) is 89.4 Å². The van der Waals surface area contributed by atoms with Gasteiger partial charge in [-0.25, -0.2) is 4.98 Å². The van der Waals surface area contributed by atoms with E-state index in [1.165, 1.54) is 0 Å². The number of aryl methyl sites for hydroxylation is 1. The number of ether oxygens (including phenoxy) is 2. The molecule has 0 radical (unpaired) electrons. The molecule has 1 fully saturated rings. The first-order valence-electron chi connectivity index (χ1n) is 11.7. The number of benzene rings is 2. The van der Waals surface area contributed by atoms with E-state index in [1.807, 2.05) is 84.6 Å². The van der Waals surface area contributed by atoms with Crippen LogP contribution in [0.15, 0.2) is 66.7 Å². The van der Waals surface area contributed by atoms with Gasteiger partial charge in [0.15, 0.2) is 0 Å². The molecule has 6 heteroatoms. The fraction of sp³-hybridized carbons (Fsp3) is 0.321. The molecular weight excluding hydrogens is 426 g/mol. The molecule has 1 aromatic heterocycles. The number of carbonyl (C=O) groups is 1. The molecule has 0 spiro atoms. The standard InChI is InChI=1S/C28H31N3O3/c1-20(2)27-29-21(3)16-26(30-27)34-19-24-18-31(14-15-33-24)28(32)25(23-12-8-5-9-13-23)17-22-10-6-4-7-11-22/h4-13,16-17,20,24H,14-15,18-19H2,1-3H3. The topological polar surface area (TPSA) is 64.5 Å². The molecule has 2 heterocycles. The van der Waals surface area contributed by atoms with E-state index >= 15 is 0 Å². The van der Waals surface area contributed by atoms with E-state index in [9.17, 15) is 4.79 Å². The van der Waals surface area contributed by atoms with Crippen LogP contribution in [0.4, 0.5) is 0 Å². The Morgan fingerprint density at radius 1 is 1.12 bits per heavy atom. The Morgan fingerprint density at radius 3 is 2.53 bits per heavy atom. The van der Waals surface area contributed by atoms with Gasteiger partial charge in [0.25, 0.3) is 5.91 Å². The summed E-state index contributed by atoms with van der Waals surface area (Å²) in [7, 11) is 0. The Balaban J connectivity index is 1.48. The van der Waals surface area contributed by atoms with Gasteiger partial charge in [-0.1, -0.05) is 74.5 Å². The van der Waals surface area contributed by atoms with E-state index in [0.29, 0.717) is 37.8 Å². The minimum absolute atomic E-state index is 0.0108. The van der Waals surface area contributed by atoms with Gasteiger partial charge in [0.2, 0.25) is 5.88 Å². The number of nitrogens with zero attached hydrogens (tertiary/aromatic N) is 3. The van der Waals surface area contributed by atoms with E-state index in [0.717, 1.165) is 22.6 Å². The molecule has 1 atom stereocenters. The maximum atomic E-state index is 13.6. The summed E-state index contributed by atoms with van der Waals surface area (Å²) in [4.78, 5) is 24.5. The lowest BCUT2D eigenvalue weighted by atomic mass is 10.0. The number of rotatable bonds is 7. The number of amides is 1. The smallest absolute Gasteiger partial charge is 0.254 e. The van der Waals surface area contributed by atoms with Crippen LogP contribution < -0.4 is 4.74 Å². The quantitative estimate of drug-likeness (QED) is 0.378. The first-order valence-corrected chi connectivity index (χ1v) is 11.7. The maximum absolute atomic E-state index is 13.6. The van der Waals surface area contributed by atoms with Crippen molar-refractivity contribution in [2.45, 2.75) is 32.8 Å². The van der Waals surface area contributed by atoms with Crippen LogP contribution in [0.2, 0.25) is 0 Å².